The molecular formula is C11H8Cl2IN3. The topological polar surface area (TPSA) is 30.7 Å². The van der Waals surface area contributed by atoms with Crippen LogP contribution in [0.4, 0.5) is 0 Å². The summed E-state index contributed by atoms with van der Waals surface area (Å²) in [4.78, 5) is 0. The molecule has 2 aromatic rings. The standard InChI is InChI=1S/C11H8Cl2IN3/c12-7-2-1-3-8(13)10(7)17-11(14)9(15-16-17)6-4-5-6/h1-3,6H,4-5H2. The molecule has 1 heterocycles. The Bertz CT molecular complexity index is 558. The van der Waals surface area contributed by atoms with Crippen LogP contribution in [0.3, 0.4) is 0 Å². The lowest BCUT2D eigenvalue weighted by Gasteiger charge is -2.07. The lowest BCUT2D eigenvalue weighted by atomic mass is 10.3. The summed E-state index contributed by atoms with van der Waals surface area (Å²) in [6.07, 6.45) is 2.40. The van der Waals surface area contributed by atoms with Gasteiger partial charge < -0.3 is 0 Å². The maximum Gasteiger partial charge on any atom is 0.129 e. The summed E-state index contributed by atoms with van der Waals surface area (Å²) in [6.45, 7) is 0. The first-order valence-electron chi connectivity index (χ1n) is 5.24. The first kappa shape index (κ1) is 11.7. The molecule has 1 fully saturated rings. The number of hydrogen-bond acceptors (Lipinski definition) is 2. The van der Waals surface area contributed by atoms with Crippen molar-refractivity contribution in [3.05, 3.63) is 37.6 Å². The third-order valence-corrected chi connectivity index (χ3v) is 4.37. The Morgan fingerprint density at radius 2 is 1.88 bits per heavy atom. The van der Waals surface area contributed by atoms with Crippen LogP contribution in [0.2, 0.25) is 10.0 Å². The molecular weight excluding hydrogens is 372 g/mol. The van der Waals surface area contributed by atoms with Gasteiger partial charge in [-0.1, -0.05) is 34.5 Å². The summed E-state index contributed by atoms with van der Waals surface area (Å²) < 4.78 is 2.72. The third kappa shape index (κ3) is 2.06. The quantitative estimate of drug-likeness (QED) is 0.737. The lowest BCUT2D eigenvalue weighted by molar-refractivity contribution is 0.788. The van der Waals surface area contributed by atoms with Crippen molar-refractivity contribution in [2.45, 2.75) is 18.8 Å². The van der Waals surface area contributed by atoms with Crippen molar-refractivity contribution in [1.29, 1.82) is 0 Å². The van der Waals surface area contributed by atoms with Crippen LogP contribution >= 0.6 is 45.8 Å². The molecule has 0 bridgehead atoms. The van der Waals surface area contributed by atoms with E-state index in [1.807, 2.05) is 6.07 Å². The van der Waals surface area contributed by atoms with E-state index in [0.29, 0.717) is 21.7 Å². The molecule has 6 heteroatoms. The van der Waals surface area contributed by atoms with Crippen LogP contribution in [0, 0.1) is 3.70 Å². The first-order valence-corrected chi connectivity index (χ1v) is 7.07. The van der Waals surface area contributed by atoms with Crippen LogP contribution in [0.25, 0.3) is 5.69 Å². The molecule has 88 valence electrons. The summed E-state index contributed by atoms with van der Waals surface area (Å²) in [5, 5.41) is 9.56. The molecule has 0 aliphatic heterocycles. The van der Waals surface area contributed by atoms with E-state index >= 15 is 0 Å². The molecule has 1 aromatic heterocycles. The first-order chi connectivity index (χ1) is 8.18. The van der Waals surface area contributed by atoms with E-state index in [9.17, 15) is 0 Å². The number of aromatic nitrogens is 3. The average Bonchev–Trinajstić information content (AvgIpc) is 3.05. The molecule has 3 rings (SSSR count). The predicted octanol–water partition coefficient (Wildman–Crippen LogP) is 4.06. The molecule has 17 heavy (non-hydrogen) atoms. The Morgan fingerprint density at radius 1 is 1.24 bits per heavy atom. The number of para-hydroxylation sites is 1. The normalized spacial score (nSPS) is 15.2. The van der Waals surface area contributed by atoms with E-state index in [1.54, 1.807) is 16.8 Å². The molecule has 0 amide bonds. The highest BCUT2D eigenvalue weighted by Crippen LogP contribution is 2.41. The number of halogens is 3. The van der Waals surface area contributed by atoms with Gasteiger partial charge in [0.2, 0.25) is 0 Å². The van der Waals surface area contributed by atoms with Gasteiger partial charge in [0, 0.05) is 5.92 Å². The van der Waals surface area contributed by atoms with Crippen molar-refractivity contribution in [2.24, 2.45) is 0 Å². The highest BCUT2D eigenvalue weighted by atomic mass is 127. The van der Waals surface area contributed by atoms with Crippen molar-refractivity contribution in [2.75, 3.05) is 0 Å². The van der Waals surface area contributed by atoms with Gasteiger partial charge in [-0.05, 0) is 47.6 Å². The van der Waals surface area contributed by atoms with Crippen LogP contribution in [0.5, 0.6) is 0 Å². The molecule has 1 aliphatic rings. The second-order valence-electron chi connectivity index (χ2n) is 4.02. The van der Waals surface area contributed by atoms with Gasteiger partial charge in [-0.3, -0.25) is 0 Å². The number of hydrogen-bond donors (Lipinski definition) is 0. The maximum absolute atomic E-state index is 6.16. The van der Waals surface area contributed by atoms with E-state index < -0.39 is 0 Å². The van der Waals surface area contributed by atoms with Crippen LogP contribution in [0.1, 0.15) is 24.5 Å². The van der Waals surface area contributed by atoms with E-state index in [-0.39, 0.29) is 0 Å². The van der Waals surface area contributed by atoms with Gasteiger partial charge in [0.1, 0.15) is 9.39 Å². The van der Waals surface area contributed by atoms with Crippen molar-refractivity contribution in [3.63, 3.8) is 0 Å². The molecule has 0 radical (unpaired) electrons. The van der Waals surface area contributed by atoms with E-state index in [0.717, 1.165) is 9.39 Å². The summed E-state index contributed by atoms with van der Waals surface area (Å²) >= 11 is 14.6. The van der Waals surface area contributed by atoms with Crippen LogP contribution in [-0.2, 0) is 0 Å². The van der Waals surface area contributed by atoms with Crippen LogP contribution < -0.4 is 0 Å². The fraction of sp³-hybridized carbons (Fsp3) is 0.273. The Morgan fingerprint density at radius 3 is 2.47 bits per heavy atom. The zero-order valence-electron chi connectivity index (χ0n) is 8.70. The molecule has 3 nitrogen and oxygen atoms in total. The smallest absolute Gasteiger partial charge is 0.129 e. The van der Waals surface area contributed by atoms with Gasteiger partial charge >= 0.3 is 0 Å². The monoisotopic (exact) mass is 379 g/mol. The van der Waals surface area contributed by atoms with Gasteiger partial charge in [-0.2, -0.15) is 0 Å². The Labute approximate surface area is 122 Å². The average molecular weight is 380 g/mol. The van der Waals surface area contributed by atoms with E-state index in [1.165, 1.54) is 12.8 Å². The predicted molar refractivity (Wildman–Crippen MR) is 76.1 cm³/mol. The van der Waals surface area contributed by atoms with Gasteiger partial charge in [0.25, 0.3) is 0 Å². The minimum Gasteiger partial charge on any atom is -0.204 e. The zero-order chi connectivity index (χ0) is 12.0. The largest absolute Gasteiger partial charge is 0.204 e. The SMILES string of the molecule is Clc1cccc(Cl)c1-n1nnc(C2CC2)c1I. The maximum atomic E-state index is 6.16. The fourth-order valence-corrected chi connectivity index (χ4v) is 3.17. The second-order valence-corrected chi connectivity index (χ2v) is 5.86. The summed E-state index contributed by atoms with van der Waals surface area (Å²) in [5.41, 5.74) is 1.77. The summed E-state index contributed by atoms with van der Waals surface area (Å²) in [5.74, 6) is 0.567. The highest BCUT2D eigenvalue weighted by Gasteiger charge is 2.30. The molecule has 0 N–H and O–H groups in total. The van der Waals surface area contributed by atoms with Crippen molar-refractivity contribution >= 4 is 45.8 Å². The fourth-order valence-electron chi connectivity index (χ4n) is 1.72. The third-order valence-electron chi connectivity index (χ3n) is 2.75. The van der Waals surface area contributed by atoms with Crippen LogP contribution in [-0.4, -0.2) is 15.0 Å². The molecule has 0 atom stereocenters. The summed E-state index contributed by atoms with van der Waals surface area (Å²) in [6, 6.07) is 5.43. The van der Waals surface area contributed by atoms with Crippen molar-refractivity contribution in [3.8, 4) is 5.69 Å². The van der Waals surface area contributed by atoms with Gasteiger partial charge in [-0.25, -0.2) is 4.68 Å². The molecule has 0 saturated heterocycles. The molecule has 0 unspecified atom stereocenters. The van der Waals surface area contributed by atoms with Crippen molar-refractivity contribution in [1.82, 2.24) is 15.0 Å². The van der Waals surface area contributed by atoms with Gasteiger partial charge in [0.05, 0.1) is 15.7 Å². The molecule has 1 aromatic carbocycles. The number of nitrogens with zero attached hydrogens (tertiary/aromatic N) is 3. The van der Waals surface area contributed by atoms with Crippen molar-refractivity contribution < 1.29 is 0 Å². The van der Waals surface area contributed by atoms with E-state index in [2.05, 4.69) is 32.9 Å². The number of benzene rings is 1. The van der Waals surface area contributed by atoms with Gasteiger partial charge in [0.15, 0.2) is 0 Å². The minimum atomic E-state index is 0.567. The zero-order valence-corrected chi connectivity index (χ0v) is 12.4. The molecule has 1 saturated carbocycles. The highest BCUT2D eigenvalue weighted by molar-refractivity contribution is 14.1. The minimum absolute atomic E-state index is 0.567. The van der Waals surface area contributed by atoms with E-state index in [4.69, 9.17) is 23.2 Å². The van der Waals surface area contributed by atoms with Crippen LogP contribution in [0.15, 0.2) is 18.2 Å². The van der Waals surface area contributed by atoms with Gasteiger partial charge in [-0.15, -0.1) is 5.10 Å². The number of rotatable bonds is 2. The second kappa shape index (κ2) is 4.40. The Kier molecular flexibility index (Phi) is 3.04. The molecule has 1 aliphatic carbocycles. The summed E-state index contributed by atoms with van der Waals surface area (Å²) in [7, 11) is 0. The Balaban J connectivity index is 2.15. The Hall–Kier alpha value is -0.330. The lowest BCUT2D eigenvalue weighted by Crippen LogP contribution is -2.01. The molecule has 0 spiro atoms.